The lowest BCUT2D eigenvalue weighted by atomic mass is 9.88. The Balaban J connectivity index is 1.80. The van der Waals surface area contributed by atoms with Gasteiger partial charge in [-0.1, -0.05) is 44.7 Å². The van der Waals surface area contributed by atoms with E-state index in [4.69, 9.17) is 4.98 Å². The van der Waals surface area contributed by atoms with Crippen LogP contribution in [0.15, 0.2) is 41.6 Å². The first-order valence-electron chi connectivity index (χ1n) is 11.1. The third-order valence-electron chi connectivity index (χ3n) is 6.31. The van der Waals surface area contributed by atoms with Crippen LogP contribution >= 0.6 is 0 Å². The fourth-order valence-electron chi connectivity index (χ4n) is 3.64. The Morgan fingerprint density at radius 3 is 2.66 bits per heavy atom. The van der Waals surface area contributed by atoms with Crippen molar-refractivity contribution in [2.45, 2.75) is 46.6 Å². The maximum atomic E-state index is 13.0. The molecule has 32 heavy (non-hydrogen) atoms. The van der Waals surface area contributed by atoms with Crippen LogP contribution in [0.2, 0.25) is 0 Å². The van der Waals surface area contributed by atoms with Crippen molar-refractivity contribution >= 4 is 27.5 Å². The molecule has 1 aliphatic carbocycles. The Labute approximate surface area is 186 Å². The standard InChI is InChI=1S/C26H27N5O/c1-15(26(2,3)4)30-24-20-10-9-17(19-13-28-29-14-19)11-21(20)22-23(31-24)18(12-27-25(22)32)8-7-16-5-6-16/h9-16H,5-6H2,1-4H3,(H,27,32)(H,28,29)(H,30,31). The number of benzene rings is 1. The Morgan fingerprint density at radius 1 is 1.16 bits per heavy atom. The molecule has 1 aliphatic rings. The molecular formula is C26H27N5O. The summed E-state index contributed by atoms with van der Waals surface area (Å²) in [6, 6.07) is 6.29. The number of hydrogen-bond acceptors (Lipinski definition) is 4. The normalized spacial score (nSPS) is 14.9. The van der Waals surface area contributed by atoms with Crippen molar-refractivity contribution < 1.29 is 0 Å². The molecule has 3 N–H and O–H groups in total. The summed E-state index contributed by atoms with van der Waals surface area (Å²) in [5, 5.41) is 12.9. The Hall–Kier alpha value is -3.59. The van der Waals surface area contributed by atoms with E-state index >= 15 is 0 Å². The van der Waals surface area contributed by atoms with Gasteiger partial charge in [0.15, 0.2) is 0 Å². The molecule has 0 spiro atoms. The molecule has 1 saturated carbocycles. The Morgan fingerprint density at radius 2 is 1.97 bits per heavy atom. The lowest BCUT2D eigenvalue weighted by Gasteiger charge is -2.29. The van der Waals surface area contributed by atoms with Gasteiger partial charge in [-0.25, -0.2) is 4.98 Å². The van der Waals surface area contributed by atoms with E-state index < -0.39 is 0 Å². The van der Waals surface area contributed by atoms with Gasteiger partial charge in [0.1, 0.15) is 5.82 Å². The number of anilines is 1. The molecule has 1 atom stereocenters. The zero-order valence-corrected chi connectivity index (χ0v) is 18.8. The van der Waals surface area contributed by atoms with E-state index in [0.29, 0.717) is 16.8 Å². The van der Waals surface area contributed by atoms with Crippen LogP contribution in [0.25, 0.3) is 32.8 Å². The first-order valence-corrected chi connectivity index (χ1v) is 11.1. The van der Waals surface area contributed by atoms with Gasteiger partial charge < -0.3 is 10.3 Å². The Bertz CT molecular complexity index is 1430. The number of aromatic nitrogens is 4. The van der Waals surface area contributed by atoms with Gasteiger partial charge in [-0.05, 0) is 36.8 Å². The van der Waals surface area contributed by atoms with Gasteiger partial charge in [-0.2, -0.15) is 5.10 Å². The van der Waals surface area contributed by atoms with Gasteiger partial charge in [-0.15, -0.1) is 0 Å². The minimum Gasteiger partial charge on any atom is -0.367 e. The Kier molecular flexibility index (Phi) is 4.78. The van der Waals surface area contributed by atoms with Gasteiger partial charge in [0.05, 0.1) is 22.7 Å². The molecule has 162 valence electrons. The minimum absolute atomic E-state index is 0.0441. The van der Waals surface area contributed by atoms with Crippen LogP contribution < -0.4 is 10.9 Å². The third kappa shape index (κ3) is 3.75. The molecule has 4 aromatic rings. The van der Waals surface area contributed by atoms with E-state index in [2.05, 4.69) is 60.0 Å². The maximum Gasteiger partial charge on any atom is 0.258 e. The fourth-order valence-corrected chi connectivity index (χ4v) is 3.64. The molecule has 0 bridgehead atoms. The van der Waals surface area contributed by atoms with Crippen molar-refractivity contribution in [2.24, 2.45) is 11.3 Å². The predicted molar refractivity (Wildman–Crippen MR) is 130 cm³/mol. The molecule has 3 aromatic heterocycles. The van der Waals surface area contributed by atoms with Gasteiger partial charge in [0.25, 0.3) is 5.56 Å². The van der Waals surface area contributed by atoms with Crippen LogP contribution in [0.3, 0.4) is 0 Å². The summed E-state index contributed by atoms with van der Waals surface area (Å²) in [7, 11) is 0. The van der Waals surface area contributed by atoms with Crippen molar-refractivity contribution in [1.82, 2.24) is 20.2 Å². The summed E-state index contributed by atoms with van der Waals surface area (Å²) in [6.07, 6.45) is 7.61. The SMILES string of the molecule is CC(Nc1nc2c(C#CC3CC3)c[nH]c(=O)c2c2cc(-c3cn[nH]c3)ccc12)C(C)(C)C. The molecule has 0 amide bonds. The zero-order chi connectivity index (χ0) is 22.5. The average Bonchev–Trinajstić information content (AvgIpc) is 3.42. The molecule has 1 fully saturated rings. The second-order valence-electron chi connectivity index (χ2n) is 9.74. The van der Waals surface area contributed by atoms with Crippen molar-refractivity contribution in [2.75, 3.05) is 5.32 Å². The van der Waals surface area contributed by atoms with Gasteiger partial charge in [0, 0.05) is 40.7 Å². The lowest BCUT2D eigenvalue weighted by molar-refractivity contribution is 0.359. The fraction of sp³-hybridized carbons (Fsp3) is 0.346. The van der Waals surface area contributed by atoms with Crippen molar-refractivity contribution in [3.63, 3.8) is 0 Å². The highest BCUT2D eigenvalue weighted by Gasteiger charge is 2.23. The van der Waals surface area contributed by atoms with Gasteiger partial charge >= 0.3 is 0 Å². The van der Waals surface area contributed by atoms with Crippen LogP contribution in [0.4, 0.5) is 5.82 Å². The highest BCUT2D eigenvalue weighted by molar-refractivity contribution is 6.12. The minimum atomic E-state index is -0.158. The summed E-state index contributed by atoms with van der Waals surface area (Å²) in [6.45, 7) is 8.75. The van der Waals surface area contributed by atoms with E-state index in [1.165, 1.54) is 0 Å². The number of aromatic amines is 2. The molecule has 6 nitrogen and oxygen atoms in total. The summed E-state index contributed by atoms with van der Waals surface area (Å²) >= 11 is 0. The lowest BCUT2D eigenvalue weighted by Crippen LogP contribution is -2.31. The number of rotatable bonds is 3. The van der Waals surface area contributed by atoms with Gasteiger partial charge in [0.2, 0.25) is 0 Å². The summed E-state index contributed by atoms with van der Waals surface area (Å²) in [5.41, 5.74) is 3.24. The molecule has 1 aromatic carbocycles. The van der Waals surface area contributed by atoms with E-state index in [-0.39, 0.29) is 17.0 Å². The maximum absolute atomic E-state index is 13.0. The summed E-state index contributed by atoms with van der Waals surface area (Å²) in [4.78, 5) is 20.8. The van der Waals surface area contributed by atoms with Crippen LogP contribution in [0.5, 0.6) is 0 Å². The molecule has 6 heteroatoms. The smallest absolute Gasteiger partial charge is 0.258 e. The largest absolute Gasteiger partial charge is 0.367 e. The number of nitrogens with one attached hydrogen (secondary N) is 3. The third-order valence-corrected chi connectivity index (χ3v) is 6.31. The second-order valence-corrected chi connectivity index (χ2v) is 9.74. The monoisotopic (exact) mass is 425 g/mol. The highest BCUT2D eigenvalue weighted by atomic mass is 16.1. The average molecular weight is 426 g/mol. The number of pyridine rings is 2. The summed E-state index contributed by atoms with van der Waals surface area (Å²) in [5.74, 6) is 7.81. The van der Waals surface area contributed by atoms with Crippen molar-refractivity contribution in [1.29, 1.82) is 0 Å². The van der Waals surface area contributed by atoms with Crippen molar-refractivity contribution in [3.8, 4) is 23.0 Å². The van der Waals surface area contributed by atoms with E-state index in [0.717, 1.165) is 46.1 Å². The van der Waals surface area contributed by atoms with Crippen LogP contribution in [0.1, 0.15) is 46.1 Å². The molecule has 5 rings (SSSR count). The summed E-state index contributed by atoms with van der Waals surface area (Å²) < 4.78 is 0. The van der Waals surface area contributed by atoms with Crippen LogP contribution in [-0.4, -0.2) is 26.2 Å². The molecular weight excluding hydrogens is 398 g/mol. The quantitative estimate of drug-likeness (QED) is 0.316. The predicted octanol–water partition coefficient (Wildman–Crippen LogP) is 5.07. The number of H-pyrrole nitrogens is 2. The number of fused-ring (bicyclic) bond motifs is 3. The first-order chi connectivity index (χ1) is 15.3. The van der Waals surface area contributed by atoms with Crippen LogP contribution in [0, 0.1) is 23.2 Å². The molecule has 1 unspecified atom stereocenters. The topological polar surface area (TPSA) is 86.5 Å². The molecule has 0 radical (unpaired) electrons. The van der Waals surface area contributed by atoms with Crippen LogP contribution in [-0.2, 0) is 0 Å². The highest BCUT2D eigenvalue weighted by Crippen LogP contribution is 2.34. The van der Waals surface area contributed by atoms with E-state index in [9.17, 15) is 4.79 Å². The second kappa shape index (κ2) is 7.52. The molecule has 3 heterocycles. The van der Waals surface area contributed by atoms with E-state index in [1.54, 1.807) is 12.4 Å². The number of hydrogen-bond donors (Lipinski definition) is 3. The zero-order valence-electron chi connectivity index (χ0n) is 18.8. The molecule has 0 saturated heterocycles. The molecule has 0 aliphatic heterocycles. The first kappa shape index (κ1) is 20.3. The van der Waals surface area contributed by atoms with Crippen molar-refractivity contribution in [3.05, 3.63) is 52.7 Å². The van der Waals surface area contributed by atoms with Gasteiger partial charge in [-0.3, -0.25) is 9.89 Å². The van der Waals surface area contributed by atoms with E-state index in [1.807, 2.05) is 24.4 Å². The number of nitrogens with zero attached hydrogens (tertiary/aromatic N) is 2.